The van der Waals surface area contributed by atoms with Crippen LogP contribution in [0.5, 0.6) is 0 Å². The summed E-state index contributed by atoms with van der Waals surface area (Å²) in [7, 11) is 0. The van der Waals surface area contributed by atoms with Crippen molar-refractivity contribution in [2.75, 3.05) is 0 Å². The van der Waals surface area contributed by atoms with Gasteiger partial charge in [-0.1, -0.05) is 0 Å². The molecule has 0 radical (unpaired) electrons. The Morgan fingerprint density at radius 2 is 1.62 bits per heavy atom. The van der Waals surface area contributed by atoms with Crippen molar-refractivity contribution in [2.45, 2.75) is 20.8 Å². The Hall–Kier alpha value is -0.790. The maximum Gasteiger partial charge on any atom is 0.158 e. The molecule has 2 heteroatoms. The third-order valence-corrected chi connectivity index (χ3v) is 1.07. The lowest BCUT2D eigenvalue weighted by Gasteiger charge is -1.92. The second-order valence-electron chi connectivity index (χ2n) is 1.77. The van der Waals surface area contributed by atoms with Crippen molar-refractivity contribution in [3.63, 3.8) is 0 Å². The van der Waals surface area contributed by atoms with E-state index >= 15 is 0 Å². The summed E-state index contributed by atoms with van der Waals surface area (Å²) >= 11 is 0. The molecular formula is C6H10O2. The van der Waals surface area contributed by atoms with Crippen LogP contribution in [0.25, 0.3) is 0 Å². The van der Waals surface area contributed by atoms with Crippen LogP contribution in [0.15, 0.2) is 11.3 Å². The predicted molar refractivity (Wildman–Crippen MR) is 31.7 cm³/mol. The number of carbonyl (C=O) groups is 1. The van der Waals surface area contributed by atoms with E-state index in [4.69, 9.17) is 5.11 Å². The molecule has 0 atom stereocenters. The Morgan fingerprint density at radius 3 is 1.62 bits per heavy atom. The van der Waals surface area contributed by atoms with Crippen LogP contribution in [-0.2, 0) is 4.79 Å². The van der Waals surface area contributed by atoms with Gasteiger partial charge in [0.05, 0.1) is 5.76 Å². The van der Waals surface area contributed by atoms with E-state index in [2.05, 4.69) is 0 Å². The van der Waals surface area contributed by atoms with Gasteiger partial charge in [-0.2, -0.15) is 0 Å². The topological polar surface area (TPSA) is 37.3 Å². The van der Waals surface area contributed by atoms with E-state index in [-0.39, 0.29) is 11.5 Å². The average Bonchev–Trinajstić information content (AvgIpc) is 1.64. The molecule has 2 nitrogen and oxygen atoms in total. The third kappa shape index (κ3) is 1.78. The average molecular weight is 114 g/mol. The molecule has 0 spiro atoms. The fourth-order valence-electron chi connectivity index (χ4n) is 0.255. The summed E-state index contributed by atoms with van der Waals surface area (Å²) in [4.78, 5) is 10.4. The lowest BCUT2D eigenvalue weighted by atomic mass is 10.2. The molecule has 0 heterocycles. The van der Waals surface area contributed by atoms with Gasteiger partial charge in [0.1, 0.15) is 0 Å². The van der Waals surface area contributed by atoms with E-state index in [9.17, 15) is 4.79 Å². The lowest BCUT2D eigenvalue weighted by Crippen LogP contribution is -1.94. The van der Waals surface area contributed by atoms with Gasteiger partial charge in [0, 0.05) is 5.57 Å². The zero-order valence-electron chi connectivity index (χ0n) is 5.36. The van der Waals surface area contributed by atoms with Gasteiger partial charge in [-0.3, -0.25) is 4.79 Å². The molecule has 0 amide bonds. The van der Waals surface area contributed by atoms with Crippen LogP contribution in [0.1, 0.15) is 20.8 Å². The Kier molecular flexibility index (Phi) is 2.25. The fourth-order valence-corrected chi connectivity index (χ4v) is 0.255. The number of rotatable bonds is 1. The number of ketones is 1. The van der Waals surface area contributed by atoms with Gasteiger partial charge in [0.15, 0.2) is 5.78 Å². The largest absolute Gasteiger partial charge is 0.512 e. The molecular weight excluding hydrogens is 104 g/mol. The molecule has 0 aromatic carbocycles. The number of hydrogen-bond acceptors (Lipinski definition) is 2. The highest BCUT2D eigenvalue weighted by Crippen LogP contribution is 1.98. The normalized spacial score (nSPS) is 12.9. The van der Waals surface area contributed by atoms with Crippen LogP contribution in [0, 0.1) is 0 Å². The van der Waals surface area contributed by atoms with E-state index in [1.807, 2.05) is 0 Å². The molecule has 0 rings (SSSR count). The molecule has 0 unspecified atom stereocenters. The van der Waals surface area contributed by atoms with E-state index < -0.39 is 0 Å². The Morgan fingerprint density at radius 1 is 1.25 bits per heavy atom. The number of aliphatic hydroxyl groups is 1. The maximum atomic E-state index is 10.4. The van der Waals surface area contributed by atoms with Gasteiger partial charge in [-0.25, -0.2) is 0 Å². The number of Topliss-reactive ketones (excluding diaryl/α,β-unsaturated/α-hetero) is 1. The van der Waals surface area contributed by atoms with E-state index in [1.54, 1.807) is 6.92 Å². The molecule has 46 valence electrons. The highest BCUT2D eigenvalue weighted by atomic mass is 16.3. The fraction of sp³-hybridized carbons (Fsp3) is 0.500. The Bertz CT molecular complexity index is 129. The number of hydrogen-bond donors (Lipinski definition) is 1. The van der Waals surface area contributed by atoms with Crippen molar-refractivity contribution >= 4 is 5.78 Å². The minimum absolute atomic E-state index is 0.0787. The highest BCUT2D eigenvalue weighted by molar-refractivity contribution is 5.92. The lowest BCUT2D eigenvalue weighted by molar-refractivity contribution is -0.113. The molecule has 0 aromatic heterocycles. The van der Waals surface area contributed by atoms with Gasteiger partial charge in [0.2, 0.25) is 0 Å². The van der Waals surface area contributed by atoms with Gasteiger partial charge < -0.3 is 5.11 Å². The van der Waals surface area contributed by atoms with E-state index in [0.717, 1.165) is 0 Å². The molecule has 0 aliphatic heterocycles. The third-order valence-electron chi connectivity index (χ3n) is 1.07. The maximum absolute atomic E-state index is 10.4. The van der Waals surface area contributed by atoms with Crippen LogP contribution < -0.4 is 0 Å². The van der Waals surface area contributed by atoms with Crippen LogP contribution in [-0.4, -0.2) is 10.9 Å². The number of allylic oxidation sites excluding steroid dienone is 2. The summed E-state index contributed by atoms with van der Waals surface area (Å²) in [5.74, 6) is 0.0301. The Balaban J connectivity index is 4.23. The van der Waals surface area contributed by atoms with Crippen molar-refractivity contribution in [1.82, 2.24) is 0 Å². The molecule has 0 aliphatic carbocycles. The van der Waals surface area contributed by atoms with Crippen LogP contribution in [0.4, 0.5) is 0 Å². The first kappa shape index (κ1) is 7.21. The quantitative estimate of drug-likeness (QED) is 0.413. The minimum atomic E-state index is -0.0787. The van der Waals surface area contributed by atoms with Crippen molar-refractivity contribution in [3.8, 4) is 0 Å². The van der Waals surface area contributed by atoms with Gasteiger partial charge in [0.25, 0.3) is 0 Å². The Labute approximate surface area is 48.8 Å². The zero-order valence-corrected chi connectivity index (χ0v) is 5.36. The highest BCUT2D eigenvalue weighted by Gasteiger charge is 1.97. The first-order valence-electron chi connectivity index (χ1n) is 2.43. The standard InChI is InChI=1S/C6H10O2/c1-4(5(2)7)6(3)8/h7H,1-3H3. The van der Waals surface area contributed by atoms with Gasteiger partial charge in [-0.15, -0.1) is 0 Å². The minimum Gasteiger partial charge on any atom is -0.512 e. The SMILES string of the molecule is CC(=O)C(C)=C(C)O. The number of carbonyl (C=O) groups excluding carboxylic acids is 1. The second-order valence-corrected chi connectivity index (χ2v) is 1.77. The monoisotopic (exact) mass is 114 g/mol. The molecule has 0 fully saturated rings. The summed E-state index contributed by atoms with van der Waals surface area (Å²) in [5.41, 5.74) is 0.435. The summed E-state index contributed by atoms with van der Waals surface area (Å²) in [6.07, 6.45) is 0. The van der Waals surface area contributed by atoms with Crippen molar-refractivity contribution < 1.29 is 9.90 Å². The smallest absolute Gasteiger partial charge is 0.158 e. The summed E-state index contributed by atoms with van der Waals surface area (Å²) < 4.78 is 0. The zero-order chi connectivity index (χ0) is 6.73. The van der Waals surface area contributed by atoms with Crippen molar-refractivity contribution in [1.29, 1.82) is 0 Å². The summed E-state index contributed by atoms with van der Waals surface area (Å²) in [6, 6.07) is 0. The molecule has 0 aromatic rings. The summed E-state index contributed by atoms with van der Waals surface area (Å²) in [6.45, 7) is 4.52. The molecule has 0 saturated carbocycles. The molecule has 0 aliphatic rings. The van der Waals surface area contributed by atoms with Crippen LogP contribution >= 0.6 is 0 Å². The first-order chi connectivity index (χ1) is 3.55. The van der Waals surface area contributed by atoms with Gasteiger partial charge in [-0.05, 0) is 20.8 Å². The van der Waals surface area contributed by atoms with E-state index in [0.29, 0.717) is 5.57 Å². The molecule has 0 saturated heterocycles. The predicted octanol–water partition coefficient (Wildman–Crippen LogP) is 1.43. The van der Waals surface area contributed by atoms with Crippen LogP contribution in [0.2, 0.25) is 0 Å². The number of aliphatic hydroxyl groups excluding tert-OH is 1. The molecule has 1 N–H and O–H groups in total. The molecule has 8 heavy (non-hydrogen) atoms. The molecule has 0 bridgehead atoms. The van der Waals surface area contributed by atoms with Crippen LogP contribution in [0.3, 0.4) is 0 Å². The van der Waals surface area contributed by atoms with Crippen molar-refractivity contribution in [3.05, 3.63) is 11.3 Å². The second kappa shape index (κ2) is 2.50. The van der Waals surface area contributed by atoms with Gasteiger partial charge >= 0.3 is 0 Å². The van der Waals surface area contributed by atoms with Crippen molar-refractivity contribution in [2.24, 2.45) is 0 Å². The first-order valence-corrected chi connectivity index (χ1v) is 2.43. The summed E-state index contributed by atoms with van der Waals surface area (Å²) in [5, 5.41) is 8.65. The van der Waals surface area contributed by atoms with E-state index in [1.165, 1.54) is 13.8 Å².